The van der Waals surface area contributed by atoms with Gasteiger partial charge in [0.15, 0.2) is 0 Å². The van der Waals surface area contributed by atoms with Gasteiger partial charge in [-0.25, -0.2) is 4.39 Å². The number of carboxylic acids is 1. The second kappa shape index (κ2) is 8.96. The van der Waals surface area contributed by atoms with Gasteiger partial charge in [0, 0.05) is 13.1 Å². The molecule has 0 bridgehead atoms. The van der Waals surface area contributed by atoms with Crippen molar-refractivity contribution in [2.75, 3.05) is 19.6 Å². The van der Waals surface area contributed by atoms with E-state index in [2.05, 4.69) is 23.1 Å². The number of nitrogens with zero attached hydrogens (tertiary/aromatic N) is 1. The molecule has 0 spiro atoms. The Morgan fingerprint density at radius 2 is 2.04 bits per heavy atom. The predicted octanol–water partition coefficient (Wildman–Crippen LogP) is 4.75. The molecule has 0 saturated carbocycles. The lowest BCUT2D eigenvalue weighted by molar-refractivity contribution is -0.143. The van der Waals surface area contributed by atoms with Gasteiger partial charge >= 0.3 is 5.97 Å². The fraction of sp³-hybridized carbons (Fsp3) is 0.348. The summed E-state index contributed by atoms with van der Waals surface area (Å²) < 4.78 is 13.5. The molecule has 1 aliphatic rings. The standard InChI is InChI=1S/C23H26FNO2/c1-17-15-20(24)11-12-21(17)22(18-7-3-2-4-8-18)10-6-14-25-13-5-9-19(16-25)23(26)27/h2-4,7-8,10-12,15,19H,5-6,9,13-14,16H2,1H3,(H,26,27)/b22-10+/t19-/m1/s1. The van der Waals surface area contributed by atoms with Gasteiger partial charge in [-0.05, 0) is 67.1 Å². The van der Waals surface area contributed by atoms with Crippen LogP contribution in [0.3, 0.4) is 0 Å². The van der Waals surface area contributed by atoms with Crippen LogP contribution in [0.25, 0.3) is 5.57 Å². The number of carbonyl (C=O) groups is 1. The average molecular weight is 367 g/mol. The highest BCUT2D eigenvalue weighted by Gasteiger charge is 2.24. The maximum atomic E-state index is 13.5. The Hall–Kier alpha value is -2.46. The van der Waals surface area contributed by atoms with Gasteiger partial charge in [-0.1, -0.05) is 42.5 Å². The number of halogens is 1. The number of hydrogen-bond donors (Lipinski definition) is 1. The van der Waals surface area contributed by atoms with Gasteiger partial charge in [-0.3, -0.25) is 4.79 Å². The summed E-state index contributed by atoms with van der Waals surface area (Å²) in [6.07, 6.45) is 4.72. The van der Waals surface area contributed by atoms with E-state index in [9.17, 15) is 14.3 Å². The minimum Gasteiger partial charge on any atom is -0.481 e. The molecule has 4 heteroatoms. The van der Waals surface area contributed by atoms with Crippen LogP contribution in [0.2, 0.25) is 0 Å². The molecule has 1 aliphatic heterocycles. The minimum absolute atomic E-state index is 0.225. The smallest absolute Gasteiger partial charge is 0.307 e. The van der Waals surface area contributed by atoms with Crippen LogP contribution in [0, 0.1) is 18.7 Å². The first-order chi connectivity index (χ1) is 13.0. The molecule has 27 heavy (non-hydrogen) atoms. The van der Waals surface area contributed by atoms with Gasteiger partial charge in [-0.2, -0.15) is 0 Å². The molecule has 1 saturated heterocycles. The SMILES string of the molecule is Cc1cc(F)ccc1/C(=C/CCN1CCC[C@@H](C(=O)O)C1)c1ccccc1. The molecule has 142 valence electrons. The van der Waals surface area contributed by atoms with Crippen LogP contribution in [0.15, 0.2) is 54.6 Å². The predicted molar refractivity (Wildman–Crippen MR) is 106 cm³/mol. The fourth-order valence-electron chi connectivity index (χ4n) is 3.78. The van der Waals surface area contributed by atoms with Gasteiger partial charge in [-0.15, -0.1) is 0 Å². The van der Waals surface area contributed by atoms with Crippen LogP contribution >= 0.6 is 0 Å². The van der Waals surface area contributed by atoms with E-state index in [-0.39, 0.29) is 11.7 Å². The summed E-state index contributed by atoms with van der Waals surface area (Å²) in [5.74, 6) is -1.17. The zero-order valence-electron chi connectivity index (χ0n) is 15.7. The molecule has 3 rings (SSSR count). The fourth-order valence-corrected chi connectivity index (χ4v) is 3.78. The number of likely N-dealkylation sites (tertiary alicyclic amines) is 1. The first-order valence-corrected chi connectivity index (χ1v) is 9.52. The highest BCUT2D eigenvalue weighted by molar-refractivity contribution is 5.81. The van der Waals surface area contributed by atoms with Crippen molar-refractivity contribution in [3.05, 3.63) is 77.1 Å². The van der Waals surface area contributed by atoms with E-state index in [0.29, 0.717) is 6.54 Å². The zero-order valence-corrected chi connectivity index (χ0v) is 15.7. The van der Waals surface area contributed by atoms with Crippen LogP contribution in [-0.2, 0) is 4.79 Å². The first-order valence-electron chi connectivity index (χ1n) is 9.52. The molecule has 0 aliphatic carbocycles. The Labute approximate surface area is 160 Å². The van der Waals surface area contributed by atoms with E-state index < -0.39 is 5.97 Å². The van der Waals surface area contributed by atoms with Crippen molar-refractivity contribution < 1.29 is 14.3 Å². The van der Waals surface area contributed by atoms with Crippen molar-refractivity contribution in [3.63, 3.8) is 0 Å². The molecule has 2 aromatic carbocycles. The summed E-state index contributed by atoms with van der Waals surface area (Å²) in [5.41, 5.74) is 4.15. The molecule has 2 aromatic rings. The van der Waals surface area contributed by atoms with E-state index in [0.717, 1.165) is 54.6 Å². The third kappa shape index (κ3) is 5.04. The van der Waals surface area contributed by atoms with Crippen molar-refractivity contribution in [2.45, 2.75) is 26.2 Å². The zero-order chi connectivity index (χ0) is 19.2. The van der Waals surface area contributed by atoms with Crippen molar-refractivity contribution in [2.24, 2.45) is 5.92 Å². The summed E-state index contributed by atoms with van der Waals surface area (Å²) in [4.78, 5) is 13.5. The second-order valence-electron chi connectivity index (χ2n) is 7.21. The van der Waals surface area contributed by atoms with E-state index in [1.165, 1.54) is 6.07 Å². The van der Waals surface area contributed by atoms with E-state index >= 15 is 0 Å². The Morgan fingerprint density at radius 1 is 1.26 bits per heavy atom. The largest absolute Gasteiger partial charge is 0.481 e. The van der Waals surface area contributed by atoms with Crippen LogP contribution in [0.4, 0.5) is 4.39 Å². The average Bonchev–Trinajstić information content (AvgIpc) is 2.67. The van der Waals surface area contributed by atoms with E-state index in [1.807, 2.05) is 31.2 Å². The van der Waals surface area contributed by atoms with Gasteiger partial charge < -0.3 is 10.0 Å². The van der Waals surface area contributed by atoms with Gasteiger partial charge in [0.2, 0.25) is 0 Å². The Balaban J connectivity index is 1.78. The second-order valence-corrected chi connectivity index (χ2v) is 7.21. The summed E-state index contributed by atoms with van der Waals surface area (Å²) in [6.45, 7) is 4.34. The maximum absolute atomic E-state index is 13.5. The van der Waals surface area contributed by atoms with Crippen LogP contribution in [0.1, 0.15) is 36.0 Å². The number of carboxylic acid groups (broad SMARTS) is 1. The third-order valence-corrected chi connectivity index (χ3v) is 5.21. The highest BCUT2D eigenvalue weighted by atomic mass is 19.1. The number of piperidine rings is 1. The first kappa shape index (κ1) is 19.3. The summed E-state index contributed by atoms with van der Waals surface area (Å²) >= 11 is 0. The highest BCUT2D eigenvalue weighted by Crippen LogP contribution is 2.27. The lowest BCUT2D eigenvalue weighted by Gasteiger charge is -2.30. The Bertz CT molecular complexity index is 816. The molecular formula is C23H26FNO2. The van der Waals surface area contributed by atoms with Crippen molar-refractivity contribution >= 4 is 11.5 Å². The molecule has 0 unspecified atom stereocenters. The Morgan fingerprint density at radius 3 is 2.74 bits per heavy atom. The summed E-state index contributed by atoms with van der Waals surface area (Å²) in [6, 6.07) is 15.0. The number of aliphatic carboxylic acids is 1. The summed E-state index contributed by atoms with van der Waals surface area (Å²) in [5, 5.41) is 9.25. The summed E-state index contributed by atoms with van der Waals surface area (Å²) in [7, 11) is 0. The molecule has 1 fully saturated rings. The molecule has 1 atom stereocenters. The topological polar surface area (TPSA) is 40.5 Å². The number of rotatable bonds is 6. The molecule has 1 heterocycles. The molecule has 1 N–H and O–H groups in total. The third-order valence-electron chi connectivity index (χ3n) is 5.21. The number of aryl methyl sites for hydroxylation is 1. The number of hydrogen-bond acceptors (Lipinski definition) is 2. The minimum atomic E-state index is -0.692. The molecule has 0 radical (unpaired) electrons. The van der Waals surface area contributed by atoms with Crippen molar-refractivity contribution in [1.82, 2.24) is 4.90 Å². The Kier molecular flexibility index (Phi) is 6.40. The molecule has 3 nitrogen and oxygen atoms in total. The number of benzene rings is 2. The van der Waals surface area contributed by atoms with Crippen molar-refractivity contribution in [3.8, 4) is 0 Å². The molecule has 0 aromatic heterocycles. The van der Waals surface area contributed by atoms with Crippen LogP contribution in [0.5, 0.6) is 0 Å². The monoisotopic (exact) mass is 367 g/mol. The molecular weight excluding hydrogens is 341 g/mol. The quantitative estimate of drug-likeness (QED) is 0.801. The lowest BCUT2D eigenvalue weighted by atomic mass is 9.93. The maximum Gasteiger partial charge on any atom is 0.307 e. The van der Waals surface area contributed by atoms with E-state index in [1.54, 1.807) is 6.07 Å². The van der Waals surface area contributed by atoms with Crippen LogP contribution < -0.4 is 0 Å². The van der Waals surface area contributed by atoms with Crippen LogP contribution in [-0.4, -0.2) is 35.6 Å². The van der Waals surface area contributed by atoms with Gasteiger partial charge in [0.1, 0.15) is 5.82 Å². The van der Waals surface area contributed by atoms with Crippen molar-refractivity contribution in [1.29, 1.82) is 0 Å². The molecule has 0 amide bonds. The van der Waals surface area contributed by atoms with Gasteiger partial charge in [0.25, 0.3) is 0 Å². The van der Waals surface area contributed by atoms with Gasteiger partial charge in [0.05, 0.1) is 5.92 Å². The van der Waals surface area contributed by atoms with E-state index in [4.69, 9.17) is 0 Å². The lowest BCUT2D eigenvalue weighted by Crippen LogP contribution is -2.39. The normalized spacial score (nSPS) is 18.4.